The molecule has 60 valence electrons. The molecule has 0 radical (unpaired) electrons. The summed E-state index contributed by atoms with van der Waals surface area (Å²) in [7, 11) is 0. The van der Waals surface area contributed by atoms with Crippen LogP contribution < -0.4 is 5.11 Å². The number of H-pyrrole nitrogens is 1. The van der Waals surface area contributed by atoms with Crippen LogP contribution in [-0.4, -0.2) is 11.0 Å². The van der Waals surface area contributed by atoms with E-state index in [9.17, 15) is 9.90 Å². The number of carbonyl (C=O) groups excluding carboxylic acids is 1. The van der Waals surface area contributed by atoms with Gasteiger partial charge < -0.3 is 14.9 Å². The predicted octanol–water partition coefficient (Wildman–Crippen LogP) is 0.531. The van der Waals surface area contributed by atoms with E-state index >= 15 is 0 Å². The molecule has 0 fully saturated rings. The van der Waals surface area contributed by atoms with Crippen LogP contribution in [0.2, 0.25) is 0 Å². The Balaban J connectivity index is 2.82. The minimum atomic E-state index is -1.15. The first-order chi connectivity index (χ1) is 5.79. The van der Waals surface area contributed by atoms with Crippen LogP contribution in [0.25, 0.3) is 10.9 Å². The standard InChI is InChI=1S/C9H7NO2/c11-9(12)7-3-1-2-6-4-5-10-8(6)7/h1-5,10H,(H,11,12)/p-1. The lowest BCUT2D eigenvalue weighted by Crippen LogP contribution is -2.22. The molecule has 0 bridgehead atoms. The molecule has 0 aliphatic heterocycles. The molecular formula is C9H6NO2-. The Hall–Kier alpha value is -1.77. The van der Waals surface area contributed by atoms with Crippen molar-refractivity contribution in [3.05, 3.63) is 36.0 Å². The number of aromatic carboxylic acids is 1. The highest BCUT2D eigenvalue weighted by molar-refractivity contribution is 6.00. The highest BCUT2D eigenvalue weighted by atomic mass is 16.4. The van der Waals surface area contributed by atoms with E-state index in [1.165, 1.54) is 6.07 Å². The number of rotatable bonds is 1. The molecule has 1 N–H and O–H groups in total. The summed E-state index contributed by atoms with van der Waals surface area (Å²) in [5, 5.41) is 11.5. The van der Waals surface area contributed by atoms with Gasteiger partial charge in [0.25, 0.3) is 0 Å². The van der Waals surface area contributed by atoms with Crippen LogP contribution in [0.1, 0.15) is 10.4 Å². The summed E-state index contributed by atoms with van der Waals surface area (Å²) in [6.07, 6.45) is 1.71. The van der Waals surface area contributed by atoms with Gasteiger partial charge >= 0.3 is 0 Å². The summed E-state index contributed by atoms with van der Waals surface area (Å²) in [6.45, 7) is 0. The van der Waals surface area contributed by atoms with E-state index < -0.39 is 5.97 Å². The normalized spacial score (nSPS) is 10.3. The molecule has 0 amide bonds. The predicted molar refractivity (Wildman–Crippen MR) is 42.6 cm³/mol. The van der Waals surface area contributed by atoms with E-state index in [-0.39, 0.29) is 5.56 Å². The lowest BCUT2D eigenvalue weighted by molar-refractivity contribution is -0.254. The maximum absolute atomic E-state index is 10.6. The summed E-state index contributed by atoms with van der Waals surface area (Å²) < 4.78 is 0. The molecule has 0 aliphatic rings. The van der Waals surface area contributed by atoms with Crippen molar-refractivity contribution in [2.75, 3.05) is 0 Å². The van der Waals surface area contributed by atoms with Crippen LogP contribution in [0.3, 0.4) is 0 Å². The number of aromatic amines is 1. The van der Waals surface area contributed by atoms with Crippen molar-refractivity contribution in [3.8, 4) is 0 Å². The monoisotopic (exact) mass is 160 g/mol. The van der Waals surface area contributed by atoms with Gasteiger partial charge in [0, 0.05) is 17.1 Å². The minimum Gasteiger partial charge on any atom is -0.545 e. The lowest BCUT2D eigenvalue weighted by atomic mass is 10.1. The highest BCUT2D eigenvalue weighted by Crippen LogP contribution is 2.15. The number of nitrogens with one attached hydrogen (secondary N) is 1. The number of carboxylic acid groups (broad SMARTS) is 1. The summed E-state index contributed by atoms with van der Waals surface area (Å²) in [6, 6.07) is 6.88. The maximum atomic E-state index is 10.6. The molecule has 1 aromatic carbocycles. The molecule has 0 spiro atoms. The second-order valence-corrected chi connectivity index (χ2v) is 2.53. The summed E-state index contributed by atoms with van der Waals surface area (Å²) >= 11 is 0. The fourth-order valence-electron chi connectivity index (χ4n) is 1.26. The molecule has 1 aromatic heterocycles. The van der Waals surface area contributed by atoms with Crippen LogP contribution in [0, 0.1) is 0 Å². The maximum Gasteiger partial charge on any atom is 0.0736 e. The van der Waals surface area contributed by atoms with Crippen molar-refractivity contribution in [2.24, 2.45) is 0 Å². The number of hydrogen-bond acceptors (Lipinski definition) is 2. The zero-order chi connectivity index (χ0) is 8.55. The summed E-state index contributed by atoms with van der Waals surface area (Å²) in [5.74, 6) is -1.15. The van der Waals surface area contributed by atoms with Crippen LogP contribution in [-0.2, 0) is 0 Å². The van der Waals surface area contributed by atoms with Crippen LogP contribution >= 0.6 is 0 Å². The van der Waals surface area contributed by atoms with E-state index in [4.69, 9.17) is 0 Å². The number of fused-ring (bicyclic) bond motifs is 1. The largest absolute Gasteiger partial charge is 0.545 e. The van der Waals surface area contributed by atoms with Gasteiger partial charge in [-0.25, -0.2) is 0 Å². The third-order valence-electron chi connectivity index (χ3n) is 1.81. The highest BCUT2D eigenvalue weighted by Gasteiger charge is 2.00. The van der Waals surface area contributed by atoms with Gasteiger partial charge in [0.15, 0.2) is 0 Å². The quantitative estimate of drug-likeness (QED) is 0.661. The van der Waals surface area contributed by atoms with Gasteiger partial charge in [0.05, 0.1) is 11.5 Å². The Bertz CT molecular complexity index is 431. The summed E-state index contributed by atoms with van der Waals surface area (Å²) in [5.41, 5.74) is 0.829. The van der Waals surface area contributed by atoms with Gasteiger partial charge in [-0.05, 0) is 6.07 Å². The number of benzene rings is 1. The van der Waals surface area contributed by atoms with E-state index in [0.29, 0.717) is 5.52 Å². The molecule has 0 atom stereocenters. The molecule has 3 heteroatoms. The average Bonchev–Trinajstić information content (AvgIpc) is 2.49. The van der Waals surface area contributed by atoms with Crippen molar-refractivity contribution in [1.29, 1.82) is 0 Å². The number of hydrogen-bond donors (Lipinski definition) is 1. The first kappa shape index (κ1) is 6.91. The van der Waals surface area contributed by atoms with Gasteiger partial charge in [0.2, 0.25) is 0 Å². The Labute approximate surface area is 68.6 Å². The molecule has 2 rings (SSSR count). The molecule has 12 heavy (non-hydrogen) atoms. The number of carbonyl (C=O) groups is 1. The Kier molecular flexibility index (Phi) is 1.37. The second-order valence-electron chi connectivity index (χ2n) is 2.53. The van der Waals surface area contributed by atoms with Gasteiger partial charge in [-0.3, -0.25) is 0 Å². The molecule has 3 nitrogen and oxygen atoms in total. The first-order valence-electron chi connectivity index (χ1n) is 3.56. The fraction of sp³-hybridized carbons (Fsp3) is 0. The zero-order valence-corrected chi connectivity index (χ0v) is 6.20. The molecule has 0 saturated carbocycles. The average molecular weight is 160 g/mol. The van der Waals surface area contributed by atoms with Crippen molar-refractivity contribution in [2.45, 2.75) is 0 Å². The number of para-hydroxylation sites is 1. The Morgan fingerprint density at radius 1 is 1.33 bits per heavy atom. The van der Waals surface area contributed by atoms with Gasteiger partial charge in [0.1, 0.15) is 0 Å². The molecule has 0 aliphatic carbocycles. The Morgan fingerprint density at radius 2 is 2.17 bits per heavy atom. The number of aromatic nitrogens is 1. The molecule has 1 heterocycles. The van der Waals surface area contributed by atoms with Gasteiger partial charge in [-0.2, -0.15) is 0 Å². The topological polar surface area (TPSA) is 55.9 Å². The Morgan fingerprint density at radius 3 is 2.92 bits per heavy atom. The van der Waals surface area contributed by atoms with Crippen LogP contribution in [0.15, 0.2) is 30.5 Å². The van der Waals surface area contributed by atoms with Crippen molar-refractivity contribution in [3.63, 3.8) is 0 Å². The molecule has 2 aromatic rings. The van der Waals surface area contributed by atoms with Crippen LogP contribution in [0.4, 0.5) is 0 Å². The second kappa shape index (κ2) is 2.37. The van der Waals surface area contributed by atoms with E-state index in [2.05, 4.69) is 4.98 Å². The zero-order valence-electron chi connectivity index (χ0n) is 6.20. The van der Waals surface area contributed by atoms with Gasteiger partial charge in [-0.1, -0.05) is 18.2 Å². The van der Waals surface area contributed by atoms with Crippen LogP contribution in [0.5, 0.6) is 0 Å². The lowest BCUT2D eigenvalue weighted by Gasteiger charge is -2.02. The van der Waals surface area contributed by atoms with E-state index in [1.54, 1.807) is 12.3 Å². The minimum absolute atomic E-state index is 0.206. The fourth-order valence-corrected chi connectivity index (χ4v) is 1.26. The van der Waals surface area contributed by atoms with E-state index in [1.807, 2.05) is 12.1 Å². The molecule has 0 unspecified atom stereocenters. The van der Waals surface area contributed by atoms with Gasteiger partial charge in [-0.15, -0.1) is 0 Å². The first-order valence-corrected chi connectivity index (χ1v) is 3.56. The van der Waals surface area contributed by atoms with Crippen molar-refractivity contribution in [1.82, 2.24) is 4.98 Å². The summed E-state index contributed by atoms with van der Waals surface area (Å²) in [4.78, 5) is 13.4. The van der Waals surface area contributed by atoms with Crippen molar-refractivity contribution < 1.29 is 9.90 Å². The molecular weight excluding hydrogens is 154 g/mol. The third-order valence-corrected chi connectivity index (χ3v) is 1.81. The molecule has 0 saturated heterocycles. The van der Waals surface area contributed by atoms with Crippen molar-refractivity contribution >= 4 is 16.9 Å². The number of carboxylic acids is 1. The third kappa shape index (κ3) is 0.871. The SMILES string of the molecule is O=C([O-])c1cccc2cc[nH]c12. The smallest absolute Gasteiger partial charge is 0.0736 e. The van der Waals surface area contributed by atoms with E-state index in [0.717, 1.165) is 5.39 Å².